The molecule has 0 saturated heterocycles. The molecule has 0 aliphatic heterocycles. The number of aliphatic carboxylic acids is 1. The van der Waals surface area contributed by atoms with E-state index < -0.39 is 5.97 Å². The molecule has 0 amide bonds. The molecule has 0 atom stereocenters. The van der Waals surface area contributed by atoms with Crippen LogP contribution in [0.1, 0.15) is 5.89 Å². The Bertz CT molecular complexity index is 429. The number of nitrogens with zero attached hydrogens (tertiary/aromatic N) is 1. The minimum Gasteiger partial charge on any atom is -0.481 e. The lowest BCUT2D eigenvalue weighted by molar-refractivity contribution is -0.136. The van der Waals surface area contributed by atoms with Crippen molar-refractivity contribution in [1.29, 1.82) is 0 Å². The fourth-order valence-electron chi connectivity index (χ4n) is 1.05. The van der Waals surface area contributed by atoms with E-state index in [2.05, 4.69) is 4.98 Å². The van der Waals surface area contributed by atoms with Gasteiger partial charge in [-0.1, -0.05) is 0 Å². The summed E-state index contributed by atoms with van der Waals surface area (Å²) >= 11 is 0. The number of hydrogen-bond donors (Lipinski definition) is 1. The van der Waals surface area contributed by atoms with E-state index in [1.54, 1.807) is 12.1 Å². The molecule has 2 rings (SSSR count). The third kappa shape index (κ3) is 1.66. The minimum absolute atomic E-state index is 0.170. The quantitative estimate of drug-likeness (QED) is 0.800. The molecular weight excluding hydrogens is 186 g/mol. The summed E-state index contributed by atoms with van der Waals surface area (Å²) in [5.41, 5.74) is 0. The van der Waals surface area contributed by atoms with Crippen LogP contribution in [0, 0.1) is 0 Å². The van der Waals surface area contributed by atoms with Crippen molar-refractivity contribution in [1.82, 2.24) is 4.98 Å². The normalized spacial score (nSPS) is 10.3. The van der Waals surface area contributed by atoms with Crippen LogP contribution < -0.4 is 0 Å². The van der Waals surface area contributed by atoms with Crippen LogP contribution in [0.15, 0.2) is 33.4 Å². The van der Waals surface area contributed by atoms with Crippen LogP contribution in [0.5, 0.6) is 0 Å². The Morgan fingerprint density at radius 3 is 3.00 bits per heavy atom. The molecule has 2 aromatic heterocycles. The van der Waals surface area contributed by atoms with Gasteiger partial charge in [0.2, 0.25) is 5.89 Å². The first kappa shape index (κ1) is 8.55. The molecule has 5 heteroatoms. The molecule has 14 heavy (non-hydrogen) atoms. The average Bonchev–Trinajstić information content (AvgIpc) is 2.69. The molecule has 1 N–H and O–H groups in total. The Morgan fingerprint density at radius 2 is 2.36 bits per heavy atom. The second-order valence-corrected chi connectivity index (χ2v) is 2.67. The molecule has 0 radical (unpaired) electrons. The summed E-state index contributed by atoms with van der Waals surface area (Å²) in [5, 5.41) is 8.48. The van der Waals surface area contributed by atoms with E-state index in [1.165, 1.54) is 12.5 Å². The van der Waals surface area contributed by atoms with Crippen LogP contribution in [-0.2, 0) is 11.2 Å². The zero-order valence-corrected chi connectivity index (χ0v) is 7.14. The second kappa shape index (κ2) is 3.37. The average molecular weight is 193 g/mol. The summed E-state index contributed by atoms with van der Waals surface area (Å²) in [4.78, 5) is 14.1. The lowest BCUT2D eigenvalue weighted by Crippen LogP contribution is -1.99. The largest absolute Gasteiger partial charge is 0.481 e. The summed E-state index contributed by atoms with van der Waals surface area (Å²) < 4.78 is 10.2. The van der Waals surface area contributed by atoms with Crippen molar-refractivity contribution in [3.05, 3.63) is 30.5 Å². The SMILES string of the molecule is O=C(O)Cc1ncc(-c2ccco2)o1. The molecule has 0 unspecified atom stereocenters. The molecule has 0 aliphatic carbocycles. The predicted octanol–water partition coefficient (Wildman–Crippen LogP) is 1.56. The maximum atomic E-state index is 10.3. The predicted molar refractivity (Wildman–Crippen MR) is 45.5 cm³/mol. The Hall–Kier alpha value is -2.04. The van der Waals surface area contributed by atoms with Crippen LogP contribution in [-0.4, -0.2) is 16.1 Å². The summed E-state index contributed by atoms with van der Waals surface area (Å²) in [6.45, 7) is 0. The van der Waals surface area contributed by atoms with Gasteiger partial charge in [0.15, 0.2) is 11.5 Å². The summed E-state index contributed by atoms with van der Waals surface area (Å²) in [5.74, 6) is 0.169. The number of oxazole rings is 1. The van der Waals surface area contributed by atoms with Gasteiger partial charge in [-0.05, 0) is 12.1 Å². The Labute approximate surface area is 79.0 Å². The Balaban J connectivity index is 2.22. The highest BCUT2D eigenvalue weighted by atomic mass is 16.4. The van der Waals surface area contributed by atoms with Crippen molar-refractivity contribution in [2.45, 2.75) is 6.42 Å². The molecule has 0 fully saturated rings. The van der Waals surface area contributed by atoms with Gasteiger partial charge in [-0.3, -0.25) is 4.79 Å². The zero-order chi connectivity index (χ0) is 9.97. The number of aromatic nitrogens is 1. The number of carboxylic acids is 1. The second-order valence-electron chi connectivity index (χ2n) is 2.67. The van der Waals surface area contributed by atoms with E-state index >= 15 is 0 Å². The van der Waals surface area contributed by atoms with Gasteiger partial charge >= 0.3 is 5.97 Å². The maximum Gasteiger partial charge on any atom is 0.312 e. The van der Waals surface area contributed by atoms with Gasteiger partial charge in [-0.25, -0.2) is 4.98 Å². The smallest absolute Gasteiger partial charge is 0.312 e. The van der Waals surface area contributed by atoms with Crippen LogP contribution >= 0.6 is 0 Å². The van der Waals surface area contributed by atoms with Crippen molar-refractivity contribution in [2.75, 3.05) is 0 Å². The third-order valence-electron chi connectivity index (χ3n) is 1.62. The van der Waals surface area contributed by atoms with E-state index in [9.17, 15) is 4.79 Å². The molecule has 2 heterocycles. The van der Waals surface area contributed by atoms with Crippen LogP contribution in [0.4, 0.5) is 0 Å². The topological polar surface area (TPSA) is 76.5 Å². The molecule has 0 saturated carbocycles. The number of carboxylic acid groups (broad SMARTS) is 1. The molecule has 5 nitrogen and oxygen atoms in total. The van der Waals surface area contributed by atoms with Gasteiger partial charge in [0.05, 0.1) is 12.5 Å². The molecule has 72 valence electrons. The molecule has 0 spiro atoms. The molecule has 2 aromatic rings. The molecule has 0 aliphatic rings. The van der Waals surface area contributed by atoms with Crippen LogP contribution in [0.2, 0.25) is 0 Å². The van der Waals surface area contributed by atoms with Crippen molar-refractivity contribution < 1.29 is 18.7 Å². The summed E-state index contributed by atoms with van der Waals surface area (Å²) in [7, 11) is 0. The third-order valence-corrected chi connectivity index (χ3v) is 1.62. The highest BCUT2D eigenvalue weighted by molar-refractivity contribution is 5.68. The van der Waals surface area contributed by atoms with E-state index in [4.69, 9.17) is 13.9 Å². The first-order valence-electron chi connectivity index (χ1n) is 3.96. The van der Waals surface area contributed by atoms with Crippen molar-refractivity contribution >= 4 is 5.97 Å². The first-order valence-corrected chi connectivity index (χ1v) is 3.96. The van der Waals surface area contributed by atoms with Crippen LogP contribution in [0.25, 0.3) is 11.5 Å². The lowest BCUT2D eigenvalue weighted by Gasteiger charge is -1.88. The van der Waals surface area contributed by atoms with Crippen molar-refractivity contribution in [2.24, 2.45) is 0 Å². The number of hydrogen-bond acceptors (Lipinski definition) is 4. The standard InChI is InChI=1S/C9H7NO4/c11-9(12)4-8-10-5-7(14-8)6-2-1-3-13-6/h1-3,5H,4H2,(H,11,12). The fourth-order valence-corrected chi connectivity index (χ4v) is 1.05. The fraction of sp³-hybridized carbons (Fsp3) is 0.111. The maximum absolute atomic E-state index is 10.3. The van der Waals surface area contributed by atoms with Gasteiger partial charge in [-0.15, -0.1) is 0 Å². The first-order chi connectivity index (χ1) is 6.75. The van der Waals surface area contributed by atoms with Gasteiger partial charge in [0.1, 0.15) is 6.42 Å². The molecule has 0 aromatic carbocycles. The van der Waals surface area contributed by atoms with Gasteiger partial charge < -0.3 is 13.9 Å². The van der Waals surface area contributed by atoms with Gasteiger partial charge in [0.25, 0.3) is 0 Å². The van der Waals surface area contributed by atoms with E-state index in [-0.39, 0.29) is 12.3 Å². The number of rotatable bonds is 3. The summed E-state index contributed by atoms with van der Waals surface area (Å²) in [6.07, 6.45) is 2.73. The van der Waals surface area contributed by atoms with Crippen LogP contribution in [0.3, 0.4) is 0 Å². The zero-order valence-electron chi connectivity index (χ0n) is 7.14. The highest BCUT2D eigenvalue weighted by Crippen LogP contribution is 2.20. The van der Waals surface area contributed by atoms with Crippen molar-refractivity contribution in [3.63, 3.8) is 0 Å². The van der Waals surface area contributed by atoms with E-state index in [0.29, 0.717) is 11.5 Å². The van der Waals surface area contributed by atoms with E-state index in [0.717, 1.165) is 0 Å². The van der Waals surface area contributed by atoms with Gasteiger partial charge in [0, 0.05) is 0 Å². The summed E-state index contributed by atoms with van der Waals surface area (Å²) in [6, 6.07) is 3.43. The minimum atomic E-state index is -0.974. The molecular formula is C9H7NO4. The monoisotopic (exact) mass is 193 g/mol. The molecule has 0 bridgehead atoms. The Morgan fingerprint density at radius 1 is 1.50 bits per heavy atom. The highest BCUT2D eigenvalue weighted by Gasteiger charge is 2.10. The van der Waals surface area contributed by atoms with Crippen molar-refractivity contribution in [3.8, 4) is 11.5 Å². The number of furan rings is 1. The number of carbonyl (C=O) groups is 1. The lowest BCUT2D eigenvalue weighted by atomic mass is 10.4. The van der Waals surface area contributed by atoms with E-state index in [1.807, 2.05) is 0 Å². The Kier molecular flexibility index (Phi) is 2.06. The van der Waals surface area contributed by atoms with Gasteiger partial charge in [-0.2, -0.15) is 0 Å².